The number of hydrogen-bond acceptors (Lipinski definition) is 3. The maximum Gasteiger partial charge on any atom is 0.119 e. The van der Waals surface area contributed by atoms with E-state index in [2.05, 4.69) is 24.9 Å². The van der Waals surface area contributed by atoms with Crippen molar-refractivity contribution in [2.45, 2.75) is 38.3 Å². The first-order valence-corrected chi connectivity index (χ1v) is 6.72. The van der Waals surface area contributed by atoms with Crippen LogP contribution in [-0.2, 0) is 6.42 Å². The van der Waals surface area contributed by atoms with Gasteiger partial charge in [-0.25, -0.2) is 0 Å². The summed E-state index contributed by atoms with van der Waals surface area (Å²) in [6, 6.07) is 6.22. The van der Waals surface area contributed by atoms with Gasteiger partial charge in [0.1, 0.15) is 5.75 Å². The van der Waals surface area contributed by atoms with Crippen molar-refractivity contribution >= 4 is 0 Å². The van der Waals surface area contributed by atoms with Crippen LogP contribution >= 0.6 is 0 Å². The van der Waals surface area contributed by atoms with Crippen LogP contribution in [0.5, 0.6) is 5.75 Å². The molecule has 18 heavy (non-hydrogen) atoms. The smallest absolute Gasteiger partial charge is 0.119 e. The van der Waals surface area contributed by atoms with Crippen molar-refractivity contribution in [3.05, 3.63) is 29.3 Å². The maximum absolute atomic E-state index is 10.4. The Morgan fingerprint density at radius 3 is 2.89 bits per heavy atom. The van der Waals surface area contributed by atoms with Crippen molar-refractivity contribution in [1.29, 1.82) is 0 Å². The molecule has 1 aliphatic carbocycles. The summed E-state index contributed by atoms with van der Waals surface area (Å²) in [4.78, 5) is 2.28. The normalized spacial score (nSPS) is 22.3. The predicted octanol–water partition coefficient (Wildman–Crippen LogP) is 2.39. The number of aliphatic hydroxyl groups is 1. The molecule has 1 N–H and O–H groups in total. The number of ether oxygens (including phenoxy) is 1. The first-order chi connectivity index (χ1) is 8.67. The summed E-state index contributed by atoms with van der Waals surface area (Å²) in [5.74, 6) is 0.824. The SMILES string of the molecule is CCCCN(C)C1Cc2ccc(OC)cc2C1O. The van der Waals surface area contributed by atoms with Gasteiger partial charge < -0.3 is 14.7 Å². The molecule has 0 spiro atoms. The number of fused-ring (bicyclic) bond motifs is 1. The second-order valence-corrected chi connectivity index (χ2v) is 5.12. The van der Waals surface area contributed by atoms with Gasteiger partial charge in [0.05, 0.1) is 13.2 Å². The Balaban J connectivity index is 2.12. The zero-order valence-electron chi connectivity index (χ0n) is 11.5. The third-order valence-electron chi connectivity index (χ3n) is 3.90. The Bertz CT molecular complexity index is 405. The fourth-order valence-electron chi connectivity index (χ4n) is 2.68. The van der Waals surface area contributed by atoms with Crippen molar-refractivity contribution in [3.8, 4) is 5.75 Å². The molecule has 0 saturated carbocycles. The average molecular weight is 249 g/mol. The predicted molar refractivity (Wildman–Crippen MR) is 73.0 cm³/mol. The van der Waals surface area contributed by atoms with Gasteiger partial charge in [0, 0.05) is 6.04 Å². The lowest BCUT2D eigenvalue weighted by Gasteiger charge is -2.27. The van der Waals surface area contributed by atoms with E-state index in [1.165, 1.54) is 18.4 Å². The van der Waals surface area contributed by atoms with Crippen LogP contribution in [0.25, 0.3) is 0 Å². The van der Waals surface area contributed by atoms with Gasteiger partial charge in [-0.3, -0.25) is 0 Å². The zero-order valence-corrected chi connectivity index (χ0v) is 11.5. The van der Waals surface area contributed by atoms with Crippen LogP contribution in [0.2, 0.25) is 0 Å². The highest BCUT2D eigenvalue weighted by molar-refractivity contribution is 5.41. The van der Waals surface area contributed by atoms with Crippen LogP contribution in [0, 0.1) is 0 Å². The van der Waals surface area contributed by atoms with Gasteiger partial charge in [-0.05, 0) is 49.7 Å². The molecule has 2 atom stereocenters. The molecule has 1 aromatic carbocycles. The standard InChI is InChI=1S/C15H23NO2/c1-4-5-8-16(2)14-9-11-6-7-12(18-3)10-13(11)15(14)17/h6-7,10,14-15,17H,4-5,8-9H2,1-3H3. The molecule has 0 radical (unpaired) electrons. The molecule has 3 nitrogen and oxygen atoms in total. The van der Waals surface area contributed by atoms with E-state index >= 15 is 0 Å². The number of aliphatic hydroxyl groups excluding tert-OH is 1. The highest BCUT2D eigenvalue weighted by atomic mass is 16.5. The molecule has 0 saturated heterocycles. The van der Waals surface area contributed by atoms with Crippen molar-refractivity contribution in [1.82, 2.24) is 4.90 Å². The number of hydrogen-bond donors (Lipinski definition) is 1. The minimum atomic E-state index is -0.392. The summed E-state index contributed by atoms with van der Waals surface area (Å²) in [7, 11) is 3.76. The molecule has 0 heterocycles. The summed E-state index contributed by atoms with van der Waals surface area (Å²) >= 11 is 0. The van der Waals surface area contributed by atoms with Crippen LogP contribution in [0.1, 0.15) is 37.0 Å². The Kier molecular flexibility index (Phi) is 4.25. The van der Waals surface area contributed by atoms with Crippen molar-refractivity contribution in [3.63, 3.8) is 0 Å². The molecular weight excluding hydrogens is 226 g/mol. The average Bonchev–Trinajstić information content (AvgIpc) is 2.73. The van der Waals surface area contributed by atoms with Gasteiger partial charge >= 0.3 is 0 Å². The van der Waals surface area contributed by atoms with Gasteiger partial charge in [0.2, 0.25) is 0 Å². The lowest BCUT2D eigenvalue weighted by molar-refractivity contribution is 0.0752. The molecule has 2 unspecified atom stereocenters. The van der Waals surface area contributed by atoms with Crippen LogP contribution in [-0.4, -0.2) is 36.8 Å². The largest absolute Gasteiger partial charge is 0.497 e. The van der Waals surface area contributed by atoms with Crippen LogP contribution in [0.3, 0.4) is 0 Å². The van der Waals surface area contributed by atoms with Gasteiger partial charge in [-0.15, -0.1) is 0 Å². The van der Waals surface area contributed by atoms with Crippen molar-refractivity contribution < 1.29 is 9.84 Å². The Morgan fingerprint density at radius 1 is 1.44 bits per heavy atom. The number of nitrogens with zero attached hydrogens (tertiary/aromatic N) is 1. The Hall–Kier alpha value is -1.06. The van der Waals surface area contributed by atoms with Crippen LogP contribution in [0.4, 0.5) is 0 Å². The topological polar surface area (TPSA) is 32.7 Å². The van der Waals surface area contributed by atoms with E-state index in [1.807, 2.05) is 12.1 Å². The fourth-order valence-corrected chi connectivity index (χ4v) is 2.68. The summed E-state index contributed by atoms with van der Waals surface area (Å²) in [6.45, 7) is 3.24. The molecule has 1 aromatic rings. The number of benzene rings is 1. The zero-order chi connectivity index (χ0) is 13.1. The van der Waals surface area contributed by atoms with Crippen LogP contribution in [0.15, 0.2) is 18.2 Å². The quantitative estimate of drug-likeness (QED) is 0.869. The molecule has 0 bridgehead atoms. The van der Waals surface area contributed by atoms with Crippen molar-refractivity contribution in [2.75, 3.05) is 20.7 Å². The lowest BCUT2D eigenvalue weighted by atomic mass is 10.1. The first kappa shape index (κ1) is 13.4. The van der Waals surface area contributed by atoms with E-state index in [4.69, 9.17) is 4.74 Å². The summed E-state index contributed by atoms with van der Waals surface area (Å²) in [5, 5.41) is 10.4. The van der Waals surface area contributed by atoms with Crippen LogP contribution < -0.4 is 4.74 Å². The third kappa shape index (κ3) is 2.52. The highest BCUT2D eigenvalue weighted by Gasteiger charge is 2.33. The number of unbranched alkanes of at least 4 members (excludes halogenated alkanes) is 1. The maximum atomic E-state index is 10.4. The van der Waals surface area contributed by atoms with E-state index in [0.29, 0.717) is 0 Å². The second kappa shape index (κ2) is 5.72. The van der Waals surface area contributed by atoms with E-state index in [9.17, 15) is 5.11 Å². The molecule has 0 amide bonds. The van der Waals surface area contributed by atoms with Crippen molar-refractivity contribution in [2.24, 2.45) is 0 Å². The third-order valence-corrected chi connectivity index (χ3v) is 3.90. The van der Waals surface area contributed by atoms with E-state index in [1.54, 1.807) is 7.11 Å². The summed E-state index contributed by atoms with van der Waals surface area (Å²) < 4.78 is 5.22. The number of rotatable bonds is 5. The van der Waals surface area contributed by atoms with E-state index in [-0.39, 0.29) is 6.04 Å². The molecule has 0 aromatic heterocycles. The fraction of sp³-hybridized carbons (Fsp3) is 0.600. The van der Waals surface area contributed by atoms with Gasteiger partial charge in [0.15, 0.2) is 0 Å². The number of likely N-dealkylation sites (N-methyl/N-ethyl adjacent to an activating group) is 1. The molecule has 1 aliphatic rings. The molecule has 0 aliphatic heterocycles. The minimum absolute atomic E-state index is 0.207. The van der Waals surface area contributed by atoms with E-state index in [0.717, 1.165) is 24.3 Å². The minimum Gasteiger partial charge on any atom is -0.497 e. The Labute approximate surface area is 109 Å². The lowest BCUT2D eigenvalue weighted by Crippen LogP contribution is -2.35. The van der Waals surface area contributed by atoms with E-state index < -0.39 is 6.10 Å². The molecule has 0 fully saturated rings. The van der Waals surface area contributed by atoms with Gasteiger partial charge in [-0.2, -0.15) is 0 Å². The molecule has 100 valence electrons. The molecular formula is C15H23NO2. The molecule has 2 rings (SSSR count). The summed E-state index contributed by atoms with van der Waals surface area (Å²) in [6.07, 6.45) is 2.91. The van der Waals surface area contributed by atoms with Gasteiger partial charge in [-0.1, -0.05) is 19.4 Å². The Morgan fingerprint density at radius 2 is 2.22 bits per heavy atom. The number of methoxy groups -OCH3 is 1. The second-order valence-electron chi connectivity index (χ2n) is 5.12. The van der Waals surface area contributed by atoms with Gasteiger partial charge in [0.25, 0.3) is 0 Å². The first-order valence-electron chi connectivity index (χ1n) is 6.72. The highest BCUT2D eigenvalue weighted by Crippen LogP contribution is 2.36. The monoisotopic (exact) mass is 249 g/mol. The summed E-state index contributed by atoms with van der Waals surface area (Å²) in [5.41, 5.74) is 2.28. The molecule has 3 heteroatoms.